The van der Waals surface area contributed by atoms with E-state index in [-0.39, 0.29) is 17.8 Å². The first-order chi connectivity index (χ1) is 16.0. The lowest BCUT2D eigenvalue weighted by Gasteiger charge is -2.35. The second kappa shape index (κ2) is 10.5. The van der Waals surface area contributed by atoms with Crippen LogP contribution in [0.2, 0.25) is 0 Å². The van der Waals surface area contributed by atoms with Crippen molar-refractivity contribution >= 4 is 5.91 Å². The molecule has 172 valence electrons. The first-order valence-electron chi connectivity index (χ1n) is 11.3. The second-order valence-electron chi connectivity index (χ2n) is 8.33. The van der Waals surface area contributed by atoms with Crippen LogP contribution < -0.4 is 10.1 Å². The zero-order chi connectivity index (χ0) is 23.2. The summed E-state index contributed by atoms with van der Waals surface area (Å²) >= 11 is 0. The number of amides is 1. The molecule has 0 unspecified atom stereocenters. The number of hydrogen-bond donors (Lipinski definition) is 1. The third-order valence-electron chi connectivity index (χ3n) is 6.09. The number of methoxy groups -OCH3 is 1. The van der Waals surface area contributed by atoms with Gasteiger partial charge in [-0.1, -0.05) is 36.8 Å². The minimum atomic E-state index is -0.299. The first-order valence-corrected chi connectivity index (χ1v) is 11.3. The molecule has 2 aromatic carbocycles. The summed E-state index contributed by atoms with van der Waals surface area (Å²) in [6.07, 6.45) is 4.85. The molecule has 1 fully saturated rings. The number of ether oxygens (including phenoxy) is 1. The van der Waals surface area contributed by atoms with Crippen LogP contribution in [0.25, 0.3) is 0 Å². The Kier molecular flexibility index (Phi) is 7.29. The normalized spacial score (nSPS) is 16.4. The summed E-state index contributed by atoms with van der Waals surface area (Å²) in [5, 5.41) is 2.86. The van der Waals surface area contributed by atoms with Crippen LogP contribution in [0.3, 0.4) is 0 Å². The van der Waals surface area contributed by atoms with Crippen molar-refractivity contribution in [1.29, 1.82) is 0 Å². The molecule has 2 heterocycles. The number of piperidine rings is 1. The van der Waals surface area contributed by atoms with Gasteiger partial charge in [0, 0.05) is 24.8 Å². The Balaban J connectivity index is 1.47. The zero-order valence-electron chi connectivity index (χ0n) is 19.1. The molecule has 7 heteroatoms. The molecular formula is C26H29FN4O2. The van der Waals surface area contributed by atoms with Crippen LogP contribution in [-0.4, -0.2) is 34.4 Å². The van der Waals surface area contributed by atoms with Crippen molar-refractivity contribution in [3.8, 4) is 5.75 Å². The average molecular weight is 449 g/mol. The number of hydrogen-bond acceptors (Lipinski definition) is 5. The molecule has 0 bridgehead atoms. The van der Waals surface area contributed by atoms with E-state index >= 15 is 0 Å². The van der Waals surface area contributed by atoms with Gasteiger partial charge in [0.1, 0.15) is 17.4 Å². The van der Waals surface area contributed by atoms with Gasteiger partial charge in [0.25, 0.3) is 5.91 Å². The van der Waals surface area contributed by atoms with Crippen LogP contribution in [0, 0.1) is 12.7 Å². The maximum Gasteiger partial charge on any atom is 0.254 e. The molecular weight excluding hydrogens is 419 g/mol. The van der Waals surface area contributed by atoms with Crippen LogP contribution in [-0.2, 0) is 13.1 Å². The number of halogens is 1. The number of likely N-dealkylation sites (tertiary alicyclic amines) is 1. The fraction of sp³-hybridized carbons (Fsp3) is 0.346. The Morgan fingerprint density at radius 2 is 1.97 bits per heavy atom. The number of benzene rings is 2. The molecule has 1 aliphatic heterocycles. The molecule has 0 radical (unpaired) electrons. The van der Waals surface area contributed by atoms with Gasteiger partial charge in [-0.3, -0.25) is 9.69 Å². The second-order valence-corrected chi connectivity index (χ2v) is 8.33. The van der Waals surface area contributed by atoms with E-state index < -0.39 is 0 Å². The summed E-state index contributed by atoms with van der Waals surface area (Å²) in [5.41, 5.74) is 3.07. The summed E-state index contributed by atoms with van der Waals surface area (Å²) in [5.74, 6) is 1.09. The van der Waals surface area contributed by atoms with Crippen LogP contribution >= 0.6 is 0 Å². The van der Waals surface area contributed by atoms with Crippen LogP contribution in [0.1, 0.15) is 58.3 Å². The van der Waals surface area contributed by atoms with Gasteiger partial charge in [-0.15, -0.1) is 0 Å². The van der Waals surface area contributed by atoms with Gasteiger partial charge in [0.15, 0.2) is 0 Å². The van der Waals surface area contributed by atoms with Crippen LogP contribution in [0.4, 0.5) is 4.39 Å². The molecule has 1 aromatic heterocycles. The molecule has 4 rings (SSSR count). The molecule has 1 aliphatic rings. The summed E-state index contributed by atoms with van der Waals surface area (Å²) in [6, 6.07) is 14.2. The van der Waals surface area contributed by atoms with Gasteiger partial charge in [-0.05, 0) is 50.1 Å². The minimum Gasteiger partial charge on any atom is -0.496 e. The summed E-state index contributed by atoms with van der Waals surface area (Å²) in [4.78, 5) is 24.4. The lowest BCUT2D eigenvalue weighted by Crippen LogP contribution is -2.34. The first kappa shape index (κ1) is 22.9. The van der Waals surface area contributed by atoms with Crippen LogP contribution in [0.5, 0.6) is 5.75 Å². The van der Waals surface area contributed by atoms with E-state index in [9.17, 15) is 9.18 Å². The number of nitrogens with one attached hydrogen (secondary N) is 1. The highest BCUT2D eigenvalue weighted by Gasteiger charge is 2.27. The Labute approximate surface area is 193 Å². The molecule has 6 nitrogen and oxygen atoms in total. The largest absolute Gasteiger partial charge is 0.496 e. The Hall–Kier alpha value is -3.32. The molecule has 1 atom stereocenters. The topological polar surface area (TPSA) is 67.3 Å². The highest BCUT2D eigenvalue weighted by molar-refractivity contribution is 5.94. The van der Waals surface area contributed by atoms with E-state index in [2.05, 4.69) is 21.3 Å². The van der Waals surface area contributed by atoms with E-state index in [1.807, 2.05) is 25.1 Å². The Bertz CT molecular complexity index is 1100. The number of carbonyl (C=O) groups excluding carboxylic acids is 1. The predicted octanol–water partition coefficient (Wildman–Crippen LogP) is 4.59. The maximum atomic E-state index is 13.1. The zero-order valence-corrected chi connectivity index (χ0v) is 19.1. The quantitative estimate of drug-likeness (QED) is 0.573. The molecule has 3 aromatic rings. The molecule has 1 amide bonds. The van der Waals surface area contributed by atoms with Crippen molar-refractivity contribution in [2.24, 2.45) is 0 Å². The third-order valence-corrected chi connectivity index (χ3v) is 6.09. The summed E-state index contributed by atoms with van der Waals surface area (Å²) in [7, 11) is 1.69. The van der Waals surface area contributed by atoms with Crippen molar-refractivity contribution in [2.45, 2.75) is 45.3 Å². The van der Waals surface area contributed by atoms with Gasteiger partial charge in [-0.25, -0.2) is 14.4 Å². The number of aromatic nitrogens is 2. The summed E-state index contributed by atoms with van der Waals surface area (Å²) in [6.45, 7) is 3.88. The SMILES string of the molecule is COc1ccccc1CN1CCCC[C@@H]1c1ncc(C(=O)NCc2ccc(F)cc2)c(C)n1. The predicted molar refractivity (Wildman–Crippen MR) is 124 cm³/mol. The number of carbonyl (C=O) groups is 1. The van der Waals surface area contributed by atoms with E-state index in [0.717, 1.165) is 55.1 Å². The fourth-order valence-corrected chi connectivity index (χ4v) is 4.27. The van der Waals surface area contributed by atoms with Gasteiger partial charge in [0.2, 0.25) is 0 Å². The standard InChI is InChI=1S/C26H29FN4O2/c1-18-22(26(32)29-15-19-10-12-21(27)13-11-19)16-28-25(30-18)23-8-5-6-14-31(23)17-20-7-3-4-9-24(20)33-2/h3-4,7,9-13,16,23H,5-6,8,14-15,17H2,1-2H3,(H,29,32)/t23-/m1/s1. The monoisotopic (exact) mass is 448 g/mol. The fourth-order valence-electron chi connectivity index (χ4n) is 4.27. The smallest absolute Gasteiger partial charge is 0.254 e. The van der Waals surface area contributed by atoms with E-state index in [1.165, 1.54) is 12.1 Å². The van der Waals surface area contributed by atoms with Crippen LogP contribution in [0.15, 0.2) is 54.7 Å². The van der Waals surface area contributed by atoms with E-state index in [1.54, 1.807) is 25.4 Å². The van der Waals surface area contributed by atoms with Crippen molar-refractivity contribution in [2.75, 3.05) is 13.7 Å². The highest BCUT2D eigenvalue weighted by Crippen LogP contribution is 2.32. The molecule has 33 heavy (non-hydrogen) atoms. The lowest BCUT2D eigenvalue weighted by atomic mass is 10.00. The Morgan fingerprint density at radius 3 is 2.73 bits per heavy atom. The molecule has 0 spiro atoms. The Morgan fingerprint density at radius 1 is 1.18 bits per heavy atom. The molecule has 0 aliphatic carbocycles. The van der Waals surface area contributed by atoms with Crippen molar-refractivity contribution < 1.29 is 13.9 Å². The molecule has 1 saturated heterocycles. The van der Waals surface area contributed by atoms with Gasteiger partial charge < -0.3 is 10.1 Å². The minimum absolute atomic E-state index is 0.0960. The number of rotatable bonds is 7. The number of aryl methyl sites for hydroxylation is 1. The molecule has 0 saturated carbocycles. The number of nitrogens with zero attached hydrogens (tertiary/aromatic N) is 3. The third kappa shape index (κ3) is 5.54. The van der Waals surface area contributed by atoms with Crippen molar-refractivity contribution in [3.05, 3.63) is 88.8 Å². The van der Waals surface area contributed by atoms with Crippen molar-refractivity contribution in [3.63, 3.8) is 0 Å². The maximum absolute atomic E-state index is 13.1. The molecule has 1 N–H and O–H groups in total. The van der Waals surface area contributed by atoms with Crippen molar-refractivity contribution in [1.82, 2.24) is 20.2 Å². The lowest BCUT2D eigenvalue weighted by molar-refractivity contribution is 0.0948. The highest BCUT2D eigenvalue weighted by atomic mass is 19.1. The van der Waals surface area contributed by atoms with Gasteiger partial charge in [-0.2, -0.15) is 0 Å². The number of para-hydroxylation sites is 1. The van der Waals surface area contributed by atoms with E-state index in [0.29, 0.717) is 17.8 Å². The van der Waals surface area contributed by atoms with Gasteiger partial charge in [0.05, 0.1) is 24.4 Å². The summed E-state index contributed by atoms with van der Waals surface area (Å²) < 4.78 is 18.6. The van der Waals surface area contributed by atoms with E-state index in [4.69, 9.17) is 9.72 Å². The average Bonchev–Trinajstić information content (AvgIpc) is 2.84. The van der Waals surface area contributed by atoms with Gasteiger partial charge >= 0.3 is 0 Å².